The average Bonchev–Trinajstić information content (AvgIpc) is 3.75. The minimum Gasteiger partial charge on any atom is -1.00 e. The zero-order valence-corrected chi connectivity index (χ0v) is 36.1. The summed E-state index contributed by atoms with van der Waals surface area (Å²) < 4.78 is 0. The zero-order chi connectivity index (χ0) is 29.6. The van der Waals surface area contributed by atoms with Crippen molar-refractivity contribution in [3.63, 3.8) is 0 Å². The molecule has 4 heteroatoms. The van der Waals surface area contributed by atoms with Crippen LogP contribution in [0.25, 0.3) is 0 Å². The summed E-state index contributed by atoms with van der Waals surface area (Å²) in [7, 11) is 0. The fourth-order valence-electron chi connectivity index (χ4n) is 5.24. The van der Waals surface area contributed by atoms with Crippen LogP contribution in [0.15, 0.2) is 93.2 Å². The Bertz CT molecular complexity index is 827. The van der Waals surface area contributed by atoms with Crippen LogP contribution in [-0.2, 0) is 52.4 Å². The van der Waals surface area contributed by atoms with Crippen LogP contribution in [0.3, 0.4) is 0 Å². The summed E-state index contributed by atoms with van der Waals surface area (Å²) in [6, 6.07) is 0. The Morgan fingerprint density at radius 1 is 0.386 bits per heavy atom. The maximum Gasteiger partial charge on any atom is 0 e. The van der Waals surface area contributed by atoms with E-state index in [9.17, 15) is 0 Å². The summed E-state index contributed by atoms with van der Waals surface area (Å²) in [5.41, 5.74) is 12.3. The summed E-state index contributed by atoms with van der Waals surface area (Å²) in [6.07, 6.45) is 39.3. The van der Waals surface area contributed by atoms with Gasteiger partial charge in [0, 0.05) is 52.4 Å². The van der Waals surface area contributed by atoms with Gasteiger partial charge in [0.05, 0.1) is 0 Å². The molecule has 0 aromatic heterocycles. The molecule has 4 rings (SSSR count). The molecule has 0 aromatic carbocycles. The Morgan fingerprint density at radius 2 is 0.568 bits per heavy atom. The summed E-state index contributed by atoms with van der Waals surface area (Å²) in [6.45, 7) is 17.7. The van der Waals surface area contributed by atoms with Crippen molar-refractivity contribution in [2.24, 2.45) is 0 Å². The van der Waals surface area contributed by atoms with Crippen LogP contribution >= 0.6 is 0 Å². The number of hydrogen-bond acceptors (Lipinski definition) is 0. The molecule has 0 nitrogen and oxygen atoms in total. The molecule has 0 unspecified atom stereocenters. The van der Waals surface area contributed by atoms with Crippen molar-refractivity contribution >= 4 is 0 Å². The second-order valence-electron chi connectivity index (χ2n) is 12.2. The van der Waals surface area contributed by atoms with Crippen molar-refractivity contribution < 1.29 is 77.2 Å². The molecule has 0 saturated heterocycles. The number of rotatable bonds is 12. The Kier molecular flexibility index (Phi) is 38.5. The van der Waals surface area contributed by atoms with Gasteiger partial charge in [0.2, 0.25) is 0 Å². The molecule has 0 N–H and O–H groups in total. The van der Waals surface area contributed by atoms with Crippen molar-refractivity contribution in [2.45, 2.75) is 158 Å². The first-order chi connectivity index (χ1) is 19.3. The molecular formula is C40H64Cl2Zr2-2. The predicted molar refractivity (Wildman–Crippen MR) is 184 cm³/mol. The first kappa shape index (κ1) is 51.1. The number of hydrogen-bond donors (Lipinski definition) is 0. The molecule has 0 atom stereocenters. The Hall–Kier alpha value is 0.266. The SMILES string of the molecule is CCCCC1=CC(C)=CC1.CCCCC1=CC(C)=CC1.CCCCC1=CC(C)=CC1.CCCCC1=CC(C)=CC1.[Cl-].[Cl-].[Zr].[Zr]. The van der Waals surface area contributed by atoms with E-state index in [4.69, 9.17) is 0 Å². The van der Waals surface area contributed by atoms with E-state index in [2.05, 4.69) is 104 Å². The van der Waals surface area contributed by atoms with E-state index in [0.717, 1.165) is 0 Å². The van der Waals surface area contributed by atoms with Gasteiger partial charge < -0.3 is 24.8 Å². The number of allylic oxidation sites excluding steroid dienone is 16. The van der Waals surface area contributed by atoms with Crippen LogP contribution in [0, 0.1) is 0 Å². The van der Waals surface area contributed by atoms with Gasteiger partial charge in [-0.15, -0.1) is 0 Å². The van der Waals surface area contributed by atoms with Gasteiger partial charge in [-0.05, 0) is 105 Å². The largest absolute Gasteiger partial charge is 1.00 e. The van der Waals surface area contributed by atoms with E-state index < -0.39 is 0 Å². The first-order valence-electron chi connectivity index (χ1n) is 16.8. The van der Waals surface area contributed by atoms with E-state index in [-0.39, 0.29) is 77.2 Å². The van der Waals surface area contributed by atoms with Crippen molar-refractivity contribution in [3.8, 4) is 0 Å². The van der Waals surface area contributed by atoms with Gasteiger partial charge in [-0.3, -0.25) is 0 Å². The minimum absolute atomic E-state index is 0. The normalized spacial score (nSPS) is 15.5. The van der Waals surface area contributed by atoms with Crippen LogP contribution < -0.4 is 24.8 Å². The molecule has 0 aliphatic heterocycles. The van der Waals surface area contributed by atoms with Gasteiger partial charge in [0.1, 0.15) is 0 Å². The second-order valence-corrected chi connectivity index (χ2v) is 12.2. The van der Waals surface area contributed by atoms with E-state index in [1.54, 1.807) is 22.3 Å². The zero-order valence-electron chi connectivity index (χ0n) is 29.7. The molecule has 0 amide bonds. The van der Waals surface area contributed by atoms with Crippen molar-refractivity contribution in [2.75, 3.05) is 0 Å². The van der Waals surface area contributed by atoms with Crippen molar-refractivity contribution in [3.05, 3.63) is 93.2 Å². The third-order valence-corrected chi connectivity index (χ3v) is 7.88. The molecule has 0 radical (unpaired) electrons. The third kappa shape index (κ3) is 26.3. The Labute approximate surface area is 325 Å². The molecule has 4 aliphatic carbocycles. The maximum absolute atomic E-state index is 2.33. The Balaban J connectivity index is -0.000000235. The average molecular weight is 798 g/mol. The summed E-state index contributed by atoms with van der Waals surface area (Å²) in [5, 5.41) is 0. The molecular weight excluding hydrogens is 734 g/mol. The standard InChI is InChI=1S/4C10H16.2ClH.2Zr/c4*1-3-4-5-10-7-6-9(2)8-10;;;;/h4*6,8H,3-5,7H2,1-2H3;2*1H;;/p-2. The smallest absolute Gasteiger partial charge is 0 e. The molecule has 0 fully saturated rings. The molecule has 4 aliphatic rings. The molecule has 0 bridgehead atoms. The Morgan fingerprint density at radius 3 is 0.682 bits per heavy atom. The number of unbranched alkanes of at least 4 members (excludes halogenated alkanes) is 4. The van der Waals surface area contributed by atoms with E-state index in [1.807, 2.05) is 0 Å². The topological polar surface area (TPSA) is 0 Å². The van der Waals surface area contributed by atoms with Crippen LogP contribution in [-0.4, -0.2) is 0 Å². The molecule has 0 spiro atoms. The molecule has 0 aromatic rings. The van der Waals surface area contributed by atoms with E-state index >= 15 is 0 Å². The maximum atomic E-state index is 2.33. The first-order valence-corrected chi connectivity index (χ1v) is 16.8. The second kappa shape index (κ2) is 33.2. The van der Waals surface area contributed by atoms with E-state index in [0.29, 0.717) is 0 Å². The number of halogens is 2. The molecule has 0 heterocycles. The third-order valence-electron chi connectivity index (χ3n) is 7.88. The predicted octanol–water partition coefficient (Wildman–Crippen LogP) is 7.82. The van der Waals surface area contributed by atoms with Crippen LogP contribution in [0.1, 0.15) is 158 Å². The van der Waals surface area contributed by atoms with Gasteiger partial charge in [-0.2, -0.15) is 0 Å². The molecule has 44 heavy (non-hydrogen) atoms. The fourth-order valence-corrected chi connectivity index (χ4v) is 5.24. The van der Waals surface area contributed by atoms with Gasteiger partial charge in [-0.1, -0.05) is 147 Å². The monoisotopic (exact) mass is 794 g/mol. The fraction of sp³-hybridized carbons (Fsp3) is 0.600. The van der Waals surface area contributed by atoms with Gasteiger partial charge in [0.15, 0.2) is 0 Å². The van der Waals surface area contributed by atoms with Gasteiger partial charge in [0.25, 0.3) is 0 Å². The van der Waals surface area contributed by atoms with Crippen LogP contribution in [0.5, 0.6) is 0 Å². The van der Waals surface area contributed by atoms with Gasteiger partial charge in [-0.25, -0.2) is 0 Å². The van der Waals surface area contributed by atoms with Crippen LogP contribution in [0.4, 0.5) is 0 Å². The molecule has 248 valence electrons. The minimum atomic E-state index is 0. The molecule has 0 saturated carbocycles. The van der Waals surface area contributed by atoms with Crippen molar-refractivity contribution in [1.29, 1.82) is 0 Å². The summed E-state index contributed by atoms with van der Waals surface area (Å²) >= 11 is 0. The van der Waals surface area contributed by atoms with Gasteiger partial charge >= 0.3 is 0 Å². The van der Waals surface area contributed by atoms with Crippen LogP contribution in [0.2, 0.25) is 0 Å². The van der Waals surface area contributed by atoms with Crippen molar-refractivity contribution in [1.82, 2.24) is 0 Å². The summed E-state index contributed by atoms with van der Waals surface area (Å²) in [4.78, 5) is 0. The van der Waals surface area contributed by atoms with E-state index in [1.165, 1.54) is 125 Å². The summed E-state index contributed by atoms with van der Waals surface area (Å²) in [5.74, 6) is 0. The quantitative estimate of drug-likeness (QED) is 0.189.